The van der Waals surface area contributed by atoms with Crippen molar-refractivity contribution in [2.75, 3.05) is 14.7 Å². The van der Waals surface area contributed by atoms with Crippen LogP contribution in [0.4, 0.5) is 51.2 Å². The number of hydrogen-bond acceptors (Lipinski definition) is 4. The first-order valence-corrected chi connectivity index (χ1v) is 23.0. The maximum absolute atomic E-state index is 7.02. The van der Waals surface area contributed by atoms with Crippen molar-refractivity contribution in [1.29, 1.82) is 0 Å². The summed E-state index contributed by atoms with van der Waals surface area (Å²) in [7, 11) is 0. The standard InChI is InChI=1S/C62H40BN3O/c1-3-22-43(23-4-1)64-53-33-14-12-31-51(53)63-52-32-13-15-34-54(52)65(44-24-5-2-6-25-44)58-40-45(39-57(64)61(58)63)66(56-35-18-30-50-48-28-11-16-36-59(48)67-62(50)56)55-38-37-42-20-8-10-27-47(42)60(55)49-29-17-21-41-19-7-9-26-46(41)49/h1-40H. The molecule has 4 nitrogen and oxygen atoms in total. The lowest BCUT2D eigenvalue weighted by atomic mass is 9.33. The molecule has 14 rings (SSSR count). The van der Waals surface area contributed by atoms with E-state index < -0.39 is 0 Å². The van der Waals surface area contributed by atoms with E-state index in [1.165, 1.54) is 54.9 Å². The zero-order valence-corrected chi connectivity index (χ0v) is 36.4. The molecule has 5 heteroatoms. The molecule has 0 saturated heterocycles. The summed E-state index contributed by atoms with van der Waals surface area (Å²) in [4.78, 5) is 7.45. The van der Waals surface area contributed by atoms with Crippen molar-refractivity contribution in [1.82, 2.24) is 0 Å². The van der Waals surface area contributed by atoms with E-state index in [4.69, 9.17) is 4.42 Å². The van der Waals surface area contributed by atoms with Crippen LogP contribution in [0.25, 0.3) is 54.6 Å². The van der Waals surface area contributed by atoms with E-state index in [2.05, 4.69) is 257 Å². The van der Waals surface area contributed by atoms with Gasteiger partial charge in [-0.2, -0.15) is 0 Å². The highest BCUT2D eigenvalue weighted by Gasteiger charge is 2.44. The van der Waals surface area contributed by atoms with Gasteiger partial charge in [-0.05, 0) is 110 Å². The summed E-state index contributed by atoms with van der Waals surface area (Å²) in [5, 5.41) is 6.92. The molecule has 12 aromatic rings. The molecule has 2 aliphatic rings. The Morgan fingerprint density at radius 1 is 0.373 bits per heavy atom. The van der Waals surface area contributed by atoms with Crippen LogP contribution in [0.5, 0.6) is 0 Å². The summed E-state index contributed by atoms with van der Waals surface area (Å²) < 4.78 is 7.02. The van der Waals surface area contributed by atoms with Gasteiger partial charge in [-0.15, -0.1) is 0 Å². The summed E-state index contributed by atoms with van der Waals surface area (Å²) in [6.07, 6.45) is 0. The Labute approximate surface area is 388 Å². The molecule has 0 N–H and O–H groups in total. The van der Waals surface area contributed by atoms with Crippen molar-refractivity contribution in [3.05, 3.63) is 243 Å². The van der Waals surface area contributed by atoms with Crippen molar-refractivity contribution in [2.24, 2.45) is 0 Å². The van der Waals surface area contributed by atoms with E-state index in [0.29, 0.717) is 0 Å². The number of fused-ring (bicyclic) bond motifs is 9. The van der Waals surface area contributed by atoms with E-state index in [9.17, 15) is 0 Å². The number of benzene rings is 11. The van der Waals surface area contributed by atoms with Crippen LogP contribution < -0.4 is 31.1 Å². The van der Waals surface area contributed by atoms with Crippen molar-refractivity contribution in [3.8, 4) is 11.1 Å². The first-order valence-electron chi connectivity index (χ1n) is 23.0. The lowest BCUT2D eigenvalue weighted by Gasteiger charge is -2.45. The normalized spacial score (nSPS) is 12.7. The minimum absolute atomic E-state index is 0.00876. The van der Waals surface area contributed by atoms with Gasteiger partial charge in [-0.1, -0.05) is 176 Å². The molecule has 0 saturated carbocycles. The lowest BCUT2D eigenvalue weighted by molar-refractivity contribution is 0.669. The fourth-order valence-corrected chi connectivity index (χ4v) is 11.2. The number of anilines is 9. The highest BCUT2D eigenvalue weighted by atomic mass is 16.3. The number of hydrogen-bond donors (Lipinski definition) is 0. The Hall–Kier alpha value is -8.80. The molecule has 11 aromatic carbocycles. The summed E-state index contributed by atoms with van der Waals surface area (Å²) in [5.41, 5.74) is 17.7. The summed E-state index contributed by atoms with van der Waals surface area (Å²) in [6.45, 7) is -0.00876. The zero-order chi connectivity index (χ0) is 44.0. The first kappa shape index (κ1) is 37.6. The van der Waals surface area contributed by atoms with Gasteiger partial charge >= 0.3 is 0 Å². The van der Waals surface area contributed by atoms with Gasteiger partial charge in [0.15, 0.2) is 5.58 Å². The minimum atomic E-state index is -0.00876. The molecule has 1 aromatic heterocycles. The minimum Gasteiger partial charge on any atom is -0.454 e. The highest BCUT2D eigenvalue weighted by Crippen LogP contribution is 2.52. The van der Waals surface area contributed by atoms with Crippen LogP contribution in [0, 0.1) is 0 Å². The Morgan fingerprint density at radius 3 is 1.58 bits per heavy atom. The zero-order valence-electron chi connectivity index (χ0n) is 36.4. The second-order valence-corrected chi connectivity index (χ2v) is 17.6. The second-order valence-electron chi connectivity index (χ2n) is 17.6. The topological polar surface area (TPSA) is 22.9 Å². The van der Waals surface area contributed by atoms with Crippen molar-refractivity contribution < 1.29 is 4.42 Å². The van der Waals surface area contributed by atoms with Crippen LogP contribution in [-0.2, 0) is 0 Å². The third-order valence-corrected chi connectivity index (χ3v) is 14.0. The molecule has 0 unspecified atom stereocenters. The smallest absolute Gasteiger partial charge is 0.252 e. The molecule has 2 aliphatic heterocycles. The van der Waals surface area contributed by atoms with Gasteiger partial charge < -0.3 is 19.1 Å². The summed E-state index contributed by atoms with van der Waals surface area (Å²) in [6, 6.07) is 88.4. The number of furan rings is 1. The second kappa shape index (κ2) is 14.9. The molecule has 0 spiro atoms. The molecule has 0 fully saturated rings. The fraction of sp³-hybridized carbons (Fsp3) is 0. The van der Waals surface area contributed by atoms with Gasteiger partial charge in [-0.25, -0.2) is 0 Å². The van der Waals surface area contributed by atoms with Crippen LogP contribution in [0.15, 0.2) is 247 Å². The average Bonchev–Trinajstić information content (AvgIpc) is 3.78. The lowest BCUT2D eigenvalue weighted by Crippen LogP contribution is -2.61. The highest BCUT2D eigenvalue weighted by molar-refractivity contribution is 7.00. The molecule has 0 amide bonds. The van der Waals surface area contributed by atoms with Crippen LogP contribution >= 0.6 is 0 Å². The molecular weight excluding hydrogens is 814 g/mol. The average molecular weight is 854 g/mol. The van der Waals surface area contributed by atoms with E-state index in [1.54, 1.807) is 0 Å². The Balaban J connectivity index is 1.16. The fourth-order valence-electron chi connectivity index (χ4n) is 11.2. The van der Waals surface area contributed by atoms with E-state index in [0.717, 1.165) is 67.3 Å². The Morgan fingerprint density at radius 2 is 0.896 bits per heavy atom. The van der Waals surface area contributed by atoms with Crippen LogP contribution in [0.3, 0.4) is 0 Å². The molecule has 0 radical (unpaired) electrons. The largest absolute Gasteiger partial charge is 0.454 e. The number of para-hydroxylation sites is 6. The Bertz CT molecular complexity index is 3800. The molecule has 0 bridgehead atoms. The van der Waals surface area contributed by atoms with Crippen molar-refractivity contribution in [2.45, 2.75) is 0 Å². The molecule has 0 aliphatic carbocycles. The SMILES string of the molecule is c1ccc(N2c3ccccc3B3c4ccccc4N(c4ccccc4)c4cc(N(c5ccc6ccccc6c5-c5cccc6ccccc56)c5cccc6c5oc5ccccc56)cc2c43)cc1. The number of nitrogens with zero attached hydrogens (tertiary/aromatic N) is 3. The maximum atomic E-state index is 7.02. The van der Waals surface area contributed by atoms with Gasteiger partial charge in [0.1, 0.15) is 5.58 Å². The van der Waals surface area contributed by atoms with E-state index in [1.807, 2.05) is 0 Å². The van der Waals surface area contributed by atoms with Crippen LogP contribution in [0.1, 0.15) is 0 Å². The summed E-state index contributed by atoms with van der Waals surface area (Å²) in [5.74, 6) is 0. The molecule has 67 heavy (non-hydrogen) atoms. The van der Waals surface area contributed by atoms with Gasteiger partial charge in [-0.3, -0.25) is 0 Å². The molecule has 312 valence electrons. The van der Waals surface area contributed by atoms with Gasteiger partial charge in [0.2, 0.25) is 0 Å². The van der Waals surface area contributed by atoms with Gasteiger partial charge in [0.25, 0.3) is 6.71 Å². The molecular formula is C62H40BN3O. The third-order valence-electron chi connectivity index (χ3n) is 14.0. The first-order chi connectivity index (χ1) is 33.3. The van der Waals surface area contributed by atoms with E-state index >= 15 is 0 Å². The van der Waals surface area contributed by atoms with Crippen LogP contribution in [-0.4, -0.2) is 6.71 Å². The Kier molecular flexibility index (Phi) is 8.34. The van der Waals surface area contributed by atoms with Crippen LogP contribution in [0.2, 0.25) is 0 Å². The summed E-state index contributed by atoms with van der Waals surface area (Å²) >= 11 is 0. The quantitative estimate of drug-likeness (QED) is 0.155. The third kappa shape index (κ3) is 5.68. The van der Waals surface area contributed by atoms with Gasteiger partial charge in [0, 0.05) is 50.5 Å². The van der Waals surface area contributed by atoms with Crippen molar-refractivity contribution in [3.63, 3.8) is 0 Å². The maximum Gasteiger partial charge on any atom is 0.252 e. The van der Waals surface area contributed by atoms with Gasteiger partial charge in [0.05, 0.1) is 17.1 Å². The molecule has 3 heterocycles. The molecule has 0 atom stereocenters. The predicted octanol–water partition coefficient (Wildman–Crippen LogP) is 15.1. The predicted molar refractivity (Wildman–Crippen MR) is 283 cm³/mol. The van der Waals surface area contributed by atoms with E-state index in [-0.39, 0.29) is 6.71 Å². The monoisotopic (exact) mass is 853 g/mol. The number of rotatable bonds is 6. The van der Waals surface area contributed by atoms with Crippen molar-refractivity contribution >= 4 is 118 Å².